The summed E-state index contributed by atoms with van der Waals surface area (Å²) in [7, 11) is -1.43. The van der Waals surface area contributed by atoms with Crippen molar-refractivity contribution < 1.29 is 14.1 Å². The van der Waals surface area contributed by atoms with Crippen molar-refractivity contribution in [2.45, 2.75) is 38.5 Å². The molecule has 2 atom stereocenters. The summed E-state index contributed by atoms with van der Waals surface area (Å²) in [4.78, 5) is 11.2. The maximum Gasteiger partial charge on any atom is 0.325 e. The van der Waals surface area contributed by atoms with E-state index in [2.05, 4.69) is 4.72 Å². The van der Waals surface area contributed by atoms with E-state index in [9.17, 15) is 9.00 Å². The van der Waals surface area contributed by atoms with Gasteiger partial charge in [-0.05, 0) is 33.3 Å². The molecule has 0 aliphatic carbocycles. The first-order chi connectivity index (χ1) is 9.20. The van der Waals surface area contributed by atoms with Gasteiger partial charge in [0.1, 0.15) is 6.04 Å². The molecule has 0 amide bonds. The number of nitrogens with one attached hydrogen (secondary N) is 1. The molecule has 1 aromatic rings. The molecule has 0 aromatic heterocycles. The molecule has 2 N–H and O–H groups in total. The van der Waals surface area contributed by atoms with Crippen LogP contribution >= 0.6 is 0 Å². The normalized spacial score (nSPS) is 15.2. The van der Waals surface area contributed by atoms with Gasteiger partial charge in [0.25, 0.3) is 0 Å². The summed E-state index contributed by atoms with van der Waals surface area (Å²) in [5, 5.41) is 9.16. The number of carboxylic acids is 1. The van der Waals surface area contributed by atoms with Gasteiger partial charge in [0, 0.05) is 0 Å². The summed E-state index contributed by atoms with van der Waals surface area (Å²) < 4.78 is 14.1. The number of carbonyl (C=O) groups is 1. The molecule has 1 aromatic carbocycles. The van der Waals surface area contributed by atoms with Crippen molar-refractivity contribution in [1.82, 2.24) is 4.72 Å². The molecule has 5 heteroatoms. The minimum absolute atomic E-state index is 0.509. The molecule has 0 spiro atoms. The summed E-state index contributed by atoms with van der Waals surface area (Å²) in [5.41, 5.74) is 2.05. The van der Waals surface area contributed by atoms with Gasteiger partial charge >= 0.3 is 5.97 Å². The van der Waals surface area contributed by atoms with Crippen molar-refractivity contribution in [3.63, 3.8) is 0 Å². The Morgan fingerprint density at radius 1 is 1.30 bits per heavy atom. The van der Waals surface area contributed by atoms with Gasteiger partial charge < -0.3 is 5.11 Å². The fourth-order valence-electron chi connectivity index (χ4n) is 1.35. The molecule has 4 nitrogen and oxygen atoms in total. The molecule has 0 heterocycles. The Labute approximate surface area is 122 Å². The van der Waals surface area contributed by atoms with Crippen molar-refractivity contribution in [2.75, 3.05) is 0 Å². The van der Waals surface area contributed by atoms with E-state index in [4.69, 9.17) is 5.11 Å². The Morgan fingerprint density at radius 3 is 2.30 bits per heavy atom. The highest BCUT2D eigenvalue weighted by Gasteiger charge is 2.24. The van der Waals surface area contributed by atoms with Crippen LogP contribution in [0.4, 0.5) is 0 Å². The highest BCUT2D eigenvalue weighted by molar-refractivity contribution is 7.84. The van der Waals surface area contributed by atoms with E-state index in [1.807, 2.05) is 31.2 Å². The molecule has 0 radical (unpaired) electrons. The van der Waals surface area contributed by atoms with E-state index >= 15 is 0 Å². The topological polar surface area (TPSA) is 66.4 Å². The molecule has 0 saturated heterocycles. The zero-order chi connectivity index (χ0) is 15.3. The number of aryl methyl sites for hydroxylation is 1. The third-order valence-corrected chi connectivity index (χ3v) is 4.20. The van der Waals surface area contributed by atoms with Gasteiger partial charge in [-0.1, -0.05) is 42.0 Å². The molecule has 1 rings (SSSR count). The van der Waals surface area contributed by atoms with Crippen LogP contribution in [0.15, 0.2) is 30.3 Å². The zero-order valence-corrected chi connectivity index (χ0v) is 13.0. The Balaban J connectivity index is 2.80. The second-order valence-corrected chi connectivity index (χ2v) is 7.58. The summed E-state index contributed by atoms with van der Waals surface area (Å²) in [6.07, 6.45) is 3.22. The Kier molecular flexibility index (Phi) is 5.65. The van der Waals surface area contributed by atoms with Crippen molar-refractivity contribution in [3.05, 3.63) is 41.5 Å². The van der Waals surface area contributed by atoms with Crippen LogP contribution < -0.4 is 4.72 Å². The first-order valence-corrected chi connectivity index (χ1v) is 7.51. The van der Waals surface area contributed by atoms with E-state index < -0.39 is 27.7 Å². The lowest BCUT2D eigenvalue weighted by Crippen LogP contribution is -2.42. The third kappa shape index (κ3) is 5.27. The van der Waals surface area contributed by atoms with Crippen molar-refractivity contribution >= 4 is 23.0 Å². The van der Waals surface area contributed by atoms with Gasteiger partial charge in [0.15, 0.2) is 0 Å². The van der Waals surface area contributed by atoms with Crippen LogP contribution in [0.25, 0.3) is 6.08 Å². The van der Waals surface area contributed by atoms with Gasteiger partial charge in [-0.2, -0.15) is 0 Å². The lowest BCUT2D eigenvalue weighted by molar-refractivity contribution is -0.137. The minimum Gasteiger partial charge on any atom is -0.480 e. The van der Waals surface area contributed by atoms with Crippen LogP contribution in [-0.2, 0) is 15.8 Å². The second-order valence-electron chi connectivity index (χ2n) is 5.58. The summed E-state index contributed by atoms with van der Waals surface area (Å²) in [6, 6.07) is 6.75. The summed E-state index contributed by atoms with van der Waals surface area (Å²) in [6.45, 7) is 7.36. The molecule has 0 aliphatic heterocycles. The molecule has 0 unspecified atom stereocenters. The van der Waals surface area contributed by atoms with Gasteiger partial charge in [-0.15, -0.1) is 0 Å². The lowest BCUT2D eigenvalue weighted by atomic mass is 10.1. The minimum atomic E-state index is -1.43. The van der Waals surface area contributed by atoms with Gasteiger partial charge in [0.2, 0.25) is 0 Å². The number of hydrogen-bond donors (Lipinski definition) is 2. The van der Waals surface area contributed by atoms with Gasteiger partial charge in [-0.25, -0.2) is 8.93 Å². The van der Waals surface area contributed by atoms with E-state index in [0.29, 0.717) is 0 Å². The molecule has 0 bridgehead atoms. The predicted octanol–water partition coefficient (Wildman–Crippen LogP) is 2.51. The molecular weight excluding hydrogens is 274 g/mol. The molecule has 0 aliphatic rings. The van der Waals surface area contributed by atoms with E-state index in [0.717, 1.165) is 11.1 Å². The number of aliphatic carboxylic acids is 1. The fourth-order valence-corrected chi connectivity index (χ4v) is 2.11. The van der Waals surface area contributed by atoms with Crippen molar-refractivity contribution in [3.8, 4) is 0 Å². The largest absolute Gasteiger partial charge is 0.480 e. The third-order valence-electron chi connectivity index (χ3n) is 2.61. The average Bonchev–Trinajstić information content (AvgIpc) is 2.34. The number of hydrogen-bond acceptors (Lipinski definition) is 2. The number of rotatable bonds is 5. The van der Waals surface area contributed by atoms with Gasteiger partial charge in [0.05, 0.1) is 15.7 Å². The van der Waals surface area contributed by atoms with E-state index in [-0.39, 0.29) is 0 Å². The number of benzene rings is 1. The van der Waals surface area contributed by atoms with Crippen LogP contribution in [0.3, 0.4) is 0 Å². The monoisotopic (exact) mass is 295 g/mol. The van der Waals surface area contributed by atoms with Crippen LogP contribution in [-0.4, -0.2) is 26.1 Å². The van der Waals surface area contributed by atoms with Crippen LogP contribution in [0.2, 0.25) is 0 Å². The highest BCUT2D eigenvalue weighted by Crippen LogP contribution is 2.11. The fraction of sp³-hybridized carbons (Fsp3) is 0.400. The van der Waals surface area contributed by atoms with Crippen LogP contribution in [0.5, 0.6) is 0 Å². The maximum atomic E-state index is 11.9. The Hall–Kier alpha value is -1.46. The smallest absolute Gasteiger partial charge is 0.325 e. The second kappa shape index (κ2) is 6.81. The molecule has 20 heavy (non-hydrogen) atoms. The molecule has 0 fully saturated rings. The summed E-state index contributed by atoms with van der Waals surface area (Å²) >= 11 is 0. The molecule has 110 valence electrons. The number of carboxylic acid groups (broad SMARTS) is 1. The highest BCUT2D eigenvalue weighted by atomic mass is 32.2. The van der Waals surface area contributed by atoms with Crippen molar-refractivity contribution in [2.24, 2.45) is 0 Å². The first kappa shape index (κ1) is 16.6. The average molecular weight is 295 g/mol. The van der Waals surface area contributed by atoms with Crippen molar-refractivity contribution in [1.29, 1.82) is 0 Å². The standard InChI is InChI=1S/C15H21NO3S/c1-11-5-7-12(8-6-11)9-10-13(14(17)18)16-20(19)15(2,3)4/h5-10,13,16H,1-4H3,(H,17,18)/b10-9+/t13-,20-/m1/s1. The van der Waals surface area contributed by atoms with E-state index in [1.54, 1.807) is 26.8 Å². The Morgan fingerprint density at radius 2 is 1.85 bits per heavy atom. The van der Waals surface area contributed by atoms with Crippen LogP contribution in [0, 0.1) is 6.92 Å². The molecular formula is C15H21NO3S. The Bertz CT molecular complexity index is 515. The SMILES string of the molecule is Cc1ccc(/C=C/[C@@H](N[S@](=O)C(C)(C)C)C(=O)O)cc1. The quantitative estimate of drug-likeness (QED) is 0.877. The summed E-state index contributed by atoms with van der Waals surface area (Å²) in [5.74, 6) is -1.05. The zero-order valence-electron chi connectivity index (χ0n) is 12.2. The first-order valence-electron chi connectivity index (χ1n) is 6.36. The maximum absolute atomic E-state index is 11.9. The van der Waals surface area contributed by atoms with Gasteiger partial charge in [-0.3, -0.25) is 4.79 Å². The van der Waals surface area contributed by atoms with E-state index in [1.165, 1.54) is 6.08 Å². The predicted molar refractivity (Wildman–Crippen MR) is 82.7 cm³/mol. The lowest BCUT2D eigenvalue weighted by Gasteiger charge is -2.20. The molecule has 0 saturated carbocycles. The van der Waals surface area contributed by atoms with Crippen LogP contribution in [0.1, 0.15) is 31.9 Å².